The van der Waals surface area contributed by atoms with Crippen LogP contribution in [0.2, 0.25) is 5.02 Å². The third kappa shape index (κ3) is 4.38. The van der Waals surface area contributed by atoms with E-state index >= 15 is 0 Å². The van der Waals surface area contributed by atoms with E-state index in [4.69, 9.17) is 20.9 Å². The summed E-state index contributed by atoms with van der Waals surface area (Å²) in [5.74, 6) is 0.800. The fourth-order valence-electron chi connectivity index (χ4n) is 2.77. The molecule has 0 radical (unpaired) electrons. The van der Waals surface area contributed by atoms with E-state index in [-0.39, 0.29) is 17.2 Å². The van der Waals surface area contributed by atoms with Crippen LogP contribution in [0.1, 0.15) is 16.8 Å². The van der Waals surface area contributed by atoms with Gasteiger partial charge in [-0.05, 0) is 56.2 Å². The molecule has 0 atom stereocenters. The maximum atomic E-state index is 12.9. The molecular formula is C20H21ClN2O4S. The van der Waals surface area contributed by atoms with Crippen LogP contribution in [0.5, 0.6) is 5.75 Å². The molecule has 0 aliphatic carbocycles. The first kappa shape index (κ1) is 20.4. The van der Waals surface area contributed by atoms with Crippen molar-refractivity contribution in [1.29, 1.82) is 0 Å². The fraction of sp³-hybridized carbons (Fsp3) is 0.250. The quantitative estimate of drug-likeness (QED) is 0.621. The van der Waals surface area contributed by atoms with Crippen molar-refractivity contribution in [2.24, 2.45) is 0 Å². The molecule has 0 aliphatic rings. The normalized spacial score (nSPS) is 11.6. The highest BCUT2D eigenvalue weighted by Gasteiger charge is 2.22. The van der Waals surface area contributed by atoms with Gasteiger partial charge in [-0.3, -0.25) is 0 Å². The van der Waals surface area contributed by atoms with Gasteiger partial charge in [-0.25, -0.2) is 13.1 Å². The number of methoxy groups -OCH3 is 1. The molecule has 3 aromatic rings. The number of hydrogen-bond acceptors (Lipinski definition) is 5. The molecule has 0 saturated carbocycles. The lowest BCUT2D eigenvalue weighted by atomic mass is 10.1. The minimum atomic E-state index is -3.78. The largest absolute Gasteiger partial charge is 0.495 e. The molecule has 0 spiro atoms. The SMILES string of the molecule is COc1ccc(-c2onc(C)c2C)cc1S(=O)(=O)NCCc1ccc(Cl)cc1. The van der Waals surface area contributed by atoms with Crippen LogP contribution in [0.15, 0.2) is 51.9 Å². The van der Waals surface area contributed by atoms with Gasteiger partial charge in [0.2, 0.25) is 10.0 Å². The second-order valence-corrected chi connectivity index (χ2v) is 8.53. The zero-order chi connectivity index (χ0) is 20.3. The van der Waals surface area contributed by atoms with Crippen LogP contribution in [0.4, 0.5) is 0 Å². The summed E-state index contributed by atoms with van der Waals surface area (Å²) in [7, 11) is -2.34. The summed E-state index contributed by atoms with van der Waals surface area (Å²) < 4.78 is 39.0. The van der Waals surface area contributed by atoms with E-state index in [0.29, 0.717) is 22.8 Å². The summed E-state index contributed by atoms with van der Waals surface area (Å²) >= 11 is 5.87. The standard InChI is InChI=1S/C20H21ClN2O4S/c1-13-14(2)23-27-20(13)16-6-9-18(26-3)19(12-16)28(24,25)22-11-10-15-4-7-17(21)8-5-15/h4-9,12,22H,10-11H2,1-3H3. The van der Waals surface area contributed by atoms with Gasteiger partial charge in [0.1, 0.15) is 10.6 Å². The molecule has 28 heavy (non-hydrogen) atoms. The summed E-state index contributed by atoms with van der Waals surface area (Å²) in [6.07, 6.45) is 0.540. The summed E-state index contributed by atoms with van der Waals surface area (Å²) in [6, 6.07) is 12.2. The minimum Gasteiger partial charge on any atom is -0.495 e. The number of rotatable bonds is 7. The molecule has 0 fully saturated rings. The van der Waals surface area contributed by atoms with Crippen molar-refractivity contribution in [3.63, 3.8) is 0 Å². The van der Waals surface area contributed by atoms with E-state index in [0.717, 1.165) is 16.8 Å². The van der Waals surface area contributed by atoms with Gasteiger partial charge in [-0.15, -0.1) is 0 Å². The van der Waals surface area contributed by atoms with Crippen molar-refractivity contribution in [2.45, 2.75) is 25.2 Å². The number of ether oxygens (including phenoxy) is 1. The summed E-state index contributed by atoms with van der Waals surface area (Å²) in [6.45, 7) is 3.96. The molecule has 148 valence electrons. The van der Waals surface area contributed by atoms with E-state index in [1.54, 1.807) is 24.3 Å². The zero-order valence-electron chi connectivity index (χ0n) is 15.8. The zero-order valence-corrected chi connectivity index (χ0v) is 17.4. The molecule has 0 bridgehead atoms. The lowest BCUT2D eigenvalue weighted by Gasteiger charge is -2.12. The Kier molecular flexibility index (Phi) is 6.07. The topological polar surface area (TPSA) is 81.4 Å². The van der Waals surface area contributed by atoms with E-state index in [9.17, 15) is 8.42 Å². The third-order valence-electron chi connectivity index (χ3n) is 4.49. The van der Waals surface area contributed by atoms with E-state index < -0.39 is 10.0 Å². The summed E-state index contributed by atoms with van der Waals surface area (Å²) in [5, 5.41) is 4.58. The lowest BCUT2D eigenvalue weighted by molar-refractivity contribution is 0.402. The highest BCUT2D eigenvalue weighted by atomic mass is 35.5. The monoisotopic (exact) mass is 420 g/mol. The summed E-state index contributed by atoms with van der Waals surface area (Å²) in [5.41, 5.74) is 3.23. The maximum absolute atomic E-state index is 12.9. The molecule has 1 N–H and O–H groups in total. The van der Waals surface area contributed by atoms with Gasteiger partial charge in [0.15, 0.2) is 5.76 Å². The Balaban J connectivity index is 1.84. The number of hydrogen-bond donors (Lipinski definition) is 1. The smallest absolute Gasteiger partial charge is 0.244 e. The predicted octanol–water partition coefficient (Wildman–Crippen LogP) is 4.14. The molecule has 0 aliphatic heterocycles. The van der Waals surface area contributed by atoms with Gasteiger partial charge >= 0.3 is 0 Å². The molecule has 1 aromatic heterocycles. The van der Waals surface area contributed by atoms with Crippen molar-refractivity contribution in [3.05, 3.63) is 64.3 Å². The Morgan fingerprint density at radius 1 is 1.14 bits per heavy atom. The van der Waals surface area contributed by atoms with Crippen LogP contribution >= 0.6 is 11.6 Å². The number of nitrogens with one attached hydrogen (secondary N) is 1. The Hall–Kier alpha value is -2.35. The summed E-state index contributed by atoms with van der Waals surface area (Å²) in [4.78, 5) is 0.0528. The average molecular weight is 421 g/mol. The number of aromatic nitrogens is 1. The van der Waals surface area contributed by atoms with E-state index in [2.05, 4.69) is 9.88 Å². The Morgan fingerprint density at radius 2 is 1.86 bits per heavy atom. The molecule has 3 rings (SSSR count). The highest BCUT2D eigenvalue weighted by Crippen LogP contribution is 2.32. The molecule has 2 aromatic carbocycles. The molecule has 0 unspecified atom stereocenters. The first-order valence-corrected chi connectivity index (χ1v) is 10.5. The first-order chi connectivity index (χ1) is 13.3. The van der Waals surface area contributed by atoms with Crippen molar-refractivity contribution < 1.29 is 17.7 Å². The van der Waals surface area contributed by atoms with E-state index in [1.807, 2.05) is 26.0 Å². The van der Waals surface area contributed by atoms with Crippen LogP contribution in [0.3, 0.4) is 0 Å². The lowest BCUT2D eigenvalue weighted by Crippen LogP contribution is -2.26. The molecule has 1 heterocycles. The first-order valence-electron chi connectivity index (χ1n) is 8.67. The second-order valence-electron chi connectivity index (χ2n) is 6.36. The van der Waals surface area contributed by atoms with Crippen LogP contribution in [-0.4, -0.2) is 27.2 Å². The number of benzene rings is 2. The molecular weight excluding hydrogens is 400 g/mol. The second kappa shape index (κ2) is 8.34. The average Bonchev–Trinajstić information content (AvgIpc) is 3.01. The third-order valence-corrected chi connectivity index (χ3v) is 6.23. The Labute approximate surface area is 169 Å². The van der Waals surface area contributed by atoms with Gasteiger partial charge in [-0.1, -0.05) is 28.9 Å². The highest BCUT2D eigenvalue weighted by molar-refractivity contribution is 7.89. The number of sulfonamides is 1. The number of nitrogens with zero attached hydrogens (tertiary/aromatic N) is 1. The van der Waals surface area contributed by atoms with Crippen molar-refractivity contribution in [1.82, 2.24) is 9.88 Å². The van der Waals surface area contributed by atoms with Crippen LogP contribution in [-0.2, 0) is 16.4 Å². The molecule has 0 amide bonds. The van der Waals surface area contributed by atoms with Crippen LogP contribution in [0, 0.1) is 13.8 Å². The van der Waals surface area contributed by atoms with Gasteiger partial charge in [0.25, 0.3) is 0 Å². The molecule has 0 saturated heterocycles. The molecule has 6 nitrogen and oxygen atoms in total. The fourth-order valence-corrected chi connectivity index (χ4v) is 4.12. The van der Waals surface area contributed by atoms with Crippen molar-refractivity contribution in [3.8, 4) is 17.1 Å². The van der Waals surface area contributed by atoms with Crippen molar-refractivity contribution in [2.75, 3.05) is 13.7 Å². The van der Waals surface area contributed by atoms with Gasteiger partial charge in [0.05, 0.1) is 12.8 Å². The molecule has 8 heteroatoms. The van der Waals surface area contributed by atoms with E-state index in [1.165, 1.54) is 13.2 Å². The van der Waals surface area contributed by atoms with Crippen LogP contribution < -0.4 is 9.46 Å². The van der Waals surface area contributed by atoms with Gasteiger partial charge in [0, 0.05) is 22.7 Å². The predicted molar refractivity (Wildman–Crippen MR) is 108 cm³/mol. The van der Waals surface area contributed by atoms with Gasteiger partial charge in [-0.2, -0.15) is 0 Å². The number of halogens is 1. The van der Waals surface area contributed by atoms with Gasteiger partial charge < -0.3 is 9.26 Å². The van der Waals surface area contributed by atoms with Crippen molar-refractivity contribution >= 4 is 21.6 Å². The maximum Gasteiger partial charge on any atom is 0.244 e. The number of aryl methyl sites for hydroxylation is 1. The Morgan fingerprint density at radius 3 is 2.46 bits per heavy atom. The Bertz CT molecular complexity index is 1080. The minimum absolute atomic E-state index is 0.0528. The van der Waals surface area contributed by atoms with Crippen LogP contribution in [0.25, 0.3) is 11.3 Å².